The zero-order valence-corrected chi connectivity index (χ0v) is 21.2. The lowest BCUT2D eigenvalue weighted by molar-refractivity contribution is 1.32. The Balaban J connectivity index is 1.20. The average molecular weight is 513 g/mol. The third-order valence-electron chi connectivity index (χ3n) is 7.87. The Bertz CT molecular complexity index is 2110. The van der Waals surface area contributed by atoms with Gasteiger partial charge < -0.3 is 9.97 Å². The van der Waals surface area contributed by atoms with E-state index in [-0.39, 0.29) is 0 Å². The summed E-state index contributed by atoms with van der Waals surface area (Å²) in [5.41, 5.74) is 7.69. The van der Waals surface area contributed by atoms with Crippen molar-refractivity contribution in [3.8, 4) is 22.8 Å². The minimum Gasteiger partial charge on any atom is -0.337 e. The highest BCUT2D eigenvalue weighted by Gasteiger charge is 2.16. The molecule has 6 nitrogen and oxygen atoms in total. The van der Waals surface area contributed by atoms with Crippen LogP contribution in [0, 0.1) is 0 Å². The maximum atomic E-state index is 5.07. The number of benzene rings is 5. The Kier molecular flexibility index (Phi) is 4.24. The largest absolute Gasteiger partial charge is 0.337 e. The zero-order chi connectivity index (χ0) is 26.2. The lowest BCUT2D eigenvalue weighted by Gasteiger charge is -2.05. The van der Waals surface area contributed by atoms with E-state index < -0.39 is 0 Å². The number of pyridine rings is 2. The lowest BCUT2D eigenvalue weighted by Crippen LogP contribution is -1.86. The van der Waals surface area contributed by atoms with Crippen LogP contribution in [0.4, 0.5) is 0 Å². The molecule has 4 aromatic heterocycles. The van der Waals surface area contributed by atoms with Crippen LogP contribution >= 0.6 is 0 Å². The molecule has 0 spiro atoms. The van der Waals surface area contributed by atoms with Gasteiger partial charge in [0.2, 0.25) is 0 Å². The predicted octanol–water partition coefficient (Wildman–Crippen LogP) is 8.18. The van der Waals surface area contributed by atoms with Crippen LogP contribution < -0.4 is 0 Å². The highest BCUT2D eigenvalue weighted by atomic mass is 14.9. The van der Waals surface area contributed by atoms with Gasteiger partial charge in [-0.3, -0.25) is 9.97 Å². The number of nitrogens with zero attached hydrogens (tertiary/aromatic N) is 4. The van der Waals surface area contributed by atoms with Gasteiger partial charge in [-0.25, -0.2) is 9.97 Å². The molecule has 186 valence electrons. The summed E-state index contributed by atoms with van der Waals surface area (Å²) >= 11 is 0. The van der Waals surface area contributed by atoms with Crippen molar-refractivity contribution in [1.29, 1.82) is 0 Å². The van der Waals surface area contributed by atoms with Crippen LogP contribution in [0.1, 0.15) is 0 Å². The molecule has 0 aliphatic heterocycles. The van der Waals surface area contributed by atoms with Gasteiger partial charge in [-0.2, -0.15) is 0 Å². The van der Waals surface area contributed by atoms with E-state index in [1.54, 1.807) is 6.20 Å². The van der Waals surface area contributed by atoms with Crippen LogP contribution in [-0.4, -0.2) is 29.9 Å². The minimum atomic E-state index is 0.810. The quantitative estimate of drug-likeness (QED) is 0.229. The zero-order valence-electron chi connectivity index (χ0n) is 21.2. The monoisotopic (exact) mass is 512 g/mol. The van der Waals surface area contributed by atoms with Crippen molar-refractivity contribution in [2.24, 2.45) is 0 Å². The molecule has 6 heteroatoms. The van der Waals surface area contributed by atoms with E-state index in [4.69, 9.17) is 9.97 Å². The molecule has 4 heterocycles. The van der Waals surface area contributed by atoms with Crippen molar-refractivity contribution in [3.63, 3.8) is 0 Å². The molecule has 9 rings (SSSR count). The second-order valence-electron chi connectivity index (χ2n) is 10.1. The van der Waals surface area contributed by atoms with E-state index in [1.165, 1.54) is 16.2 Å². The summed E-state index contributed by atoms with van der Waals surface area (Å²) in [7, 11) is 0. The normalized spacial score (nSPS) is 12.0. The van der Waals surface area contributed by atoms with Crippen molar-refractivity contribution in [1.82, 2.24) is 29.9 Å². The summed E-state index contributed by atoms with van der Waals surface area (Å²) in [6.07, 6.45) is 3.61. The topological polar surface area (TPSA) is 83.1 Å². The van der Waals surface area contributed by atoms with E-state index in [2.05, 4.69) is 105 Å². The van der Waals surface area contributed by atoms with Crippen molar-refractivity contribution in [2.75, 3.05) is 0 Å². The minimum absolute atomic E-state index is 0.810. The first kappa shape index (κ1) is 21.3. The maximum absolute atomic E-state index is 5.07. The number of nitrogens with one attached hydrogen (secondary N) is 2. The number of H-pyrrole nitrogens is 2. The van der Waals surface area contributed by atoms with Crippen molar-refractivity contribution in [2.45, 2.75) is 0 Å². The van der Waals surface area contributed by atoms with Gasteiger partial charge in [-0.05, 0) is 35.0 Å². The van der Waals surface area contributed by atoms with Gasteiger partial charge in [-0.1, -0.05) is 72.8 Å². The molecule has 0 radical (unpaired) electrons. The van der Waals surface area contributed by atoms with Gasteiger partial charge >= 0.3 is 0 Å². The molecule has 0 fully saturated rings. The second kappa shape index (κ2) is 7.94. The van der Waals surface area contributed by atoms with E-state index in [0.29, 0.717) is 0 Å². The number of hydrogen-bond donors (Lipinski definition) is 2. The molecule has 0 bridgehead atoms. The standard InChI is InChI=1S/C34H20N6/c1-3-9-23-21(7-1)22-8-2-4-10-24(22)30-29(23)37-33(38-30)19-13-15-20(16-14-19)34-39-31-25-11-5-17-35-27(25)28-26(32(31)40-34)12-6-18-36-28/h1-18H,(H,37,38)(H,39,40). The maximum Gasteiger partial charge on any atom is 0.138 e. The molecule has 0 unspecified atom stereocenters. The Hall–Kier alpha value is -5.62. The van der Waals surface area contributed by atoms with E-state index in [1.807, 2.05) is 18.3 Å². The fraction of sp³-hybridized carbons (Fsp3) is 0. The number of fused-ring (bicyclic) bond motifs is 12. The molecule has 0 amide bonds. The summed E-state index contributed by atoms with van der Waals surface area (Å²) < 4.78 is 0. The highest BCUT2D eigenvalue weighted by Crippen LogP contribution is 2.36. The van der Waals surface area contributed by atoms with E-state index in [9.17, 15) is 0 Å². The Morgan fingerprint density at radius 3 is 1.48 bits per heavy atom. The predicted molar refractivity (Wildman–Crippen MR) is 162 cm³/mol. The molecular formula is C34H20N6. The summed E-state index contributed by atoms with van der Waals surface area (Å²) in [4.78, 5) is 26.5. The van der Waals surface area contributed by atoms with Crippen LogP contribution in [0.25, 0.3) is 88.2 Å². The summed E-state index contributed by atoms with van der Waals surface area (Å²) in [5.74, 6) is 1.66. The molecule has 2 N–H and O–H groups in total. The van der Waals surface area contributed by atoms with Crippen LogP contribution in [0.5, 0.6) is 0 Å². The molecule has 9 aromatic rings. The first-order valence-electron chi connectivity index (χ1n) is 13.2. The fourth-order valence-electron chi connectivity index (χ4n) is 6.03. The number of hydrogen-bond acceptors (Lipinski definition) is 4. The molecule has 0 atom stereocenters. The van der Waals surface area contributed by atoms with Crippen LogP contribution in [0.2, 0.25) is 0 Å². The Morgan fingerprint density at radius 2 is 0.825 bits per heavy atom. The molecule has 5 aromatic carbocycles. The van der Waals surface area contributed by atoms with Crippen molar-refractivity contribution < 1.29 is 0 Å². The molecule has 0 saturated carbocycles. The van der Waals surface area contributed by atoms with E-state index >= 15 is 0 Å². The first-order valence-corrected chi connectivity index (χ1v) is 13.2. The van der Waals surface area contributed by atoms with Crippen LogP contribution in [-0.2, 0) is 0 Å². The highest BCUT2D eigenvalue weighted by molar-refractivity contribution is 6.24. The van der Waals surface area contributed by atoms with Crippen molar-refractivity contribution in [3.05, 3.63) is 109 Å². The summed E-state index contributed by atoms with van der Waals surface area (Å²) in [6.45, 7) is 0. The molecule has 0 aliphatic rings. The van der Waals surface area contributed by atoms with Gasteiger partial charge in [0.05, 0.1) is 33.1 Å². The van der Waals surface area contributed by atoms with Crippen LogP contribution in [0.3, 0.4) is 0 Å². The lowest BCUT2D eigenvalue weighted by atomic mass is 10.0. The van der Waals surface area contributed by atoms with Gasteiger partial charge in [0.15, 0.2) is 0 Å². The first-order chi connectivity index (χ1) is 19.8. The SMILES string of the molecule is c1ccc2c(c1)c1ccccc1c1[nH]c(-c3ccc(-c4nc5c6cccnc6c6ncccc6c5[nH]4)cc3)nc21. The third-order valence-corrected chi connectivity index (χ3v) is 7.87. The molecule has 0 aliphatic carbocycles. The van der Waals surface area contributed by atoms with Gasteiger partial charge in [-0.15, -0.1) is 0 Å². The smallest absolute Gasteiger partial charge is 0.138 e. The Labute approximate surface area is 227 Å². The Morgan fingerprint density at radius 1 is 0.375 bits per heavy atom. The van der Waals surface area contributed by atoms with E-state index in [0.717, 1.165) is 72.0 Å². The third kappa shape index (κ3) is 2.93. The summed E-state index contributed by atoms with van der Waals surface area (Å²) in [5, 5.41) is 6.78. The van der Waals surface area contributed by atoms with Crippen molar-refractivity contribution >= 4 is 65.4 Å². The molecule has 40 heavy (non-hydrogen) atoms. The summed E-state index contributed by atoms with van der Waals surface area (Å²) in [6, 6.07) is 33.4. The fourth-order valence-corrected chi connectivity index (χ4v) is 6.03. The number of imidazole rings is 2. The number of aromatic amines is 2. The molecule has 0 saturated heterocycles. The van der Waals surface area contributed by atoms with Crippen LogP contribution in [0.15, 0.2) is 109 Å². The molecular weight excluding hydrogens is 492 g/mol. The van der Waals surface area contributed by atoms with Gasteiger partial charge in [0.25, 0.3) is 0 Å². The second-order valence-corrected chi connectivity index (χ2v) is 10.1. The van der Waals surface area contributed by atoms with Gasteiger partial charge in [0, 0.05) is 45.1 Å². The number of rotatable bonds is 2. The number of aromatic nitrogens is 6. The average Bonchev–Trinajstić information content (AvgIpc) is 3.68. The van der Waals surface area contributed by atoms with Gasteiger partial charge in [0.1, 0.15) is 11.6 Å².